The summed E-state index contributed by atoms with van der Waals surface area (Å²) in [7, 11) is 1.34. The molecule has 0 aromatic heterocycles. The number of hydrogen-bond acceptors (Lipinski definition) is 4. The first kappa shape index (κ1) is 16.3. The van der Waals surface area contributed by atoms with Gasteiger partial charge >= 0.3 is 5.97 Å². The maximum absolute atomic E-state index is 11.5. The number of halogens is 1. The van der Waals surface area contributed by atoms with Gasteiger partial charge in [0.15, 0.2) is 0 Å². The fourth-order valence-corrected chi connectivity index (χ4v) is 1.66. The van der Waals surface area contributed by atoms with Crippen LogP contribution in [0.2, 0.25) is 5.02 Å². The third-order valence-corrected chi connectivity index (χ3v) is 2.84. The minimum atomic E-state index is -0.277. The van der Waals surface area contributed by atoms with E-state index in [1.807, 2.05) is 12.1 Å². The molecule has 0 bridgehead atoms. The van der Waals surface area contributed by atoms with Crippen LogP contribution in [0.4, 0.5) is 0 Å². The Morgan fingerprint density at radius 1 is 1.25 bits per heavy atom. The van der Waals surface area contributed by atoms with Crippen molar-refractivity contribution in [3.05, 3.63) is 29.3 Å². The number of carbonyl (C=O) groups excluding carboxylic acids is 2. The van der Waals surface area contributed by atoms with Crippen molar-refractivity contribution < 1.29 is 19.1 Å². The quantitative estimate of drug-likeness (QED) is 0.590. The highest BCUT2D eigenvalue weighted by atomic mass is 35.5. The van der Waals surface area contributed by atoms with Gasteiger partial charge in [-0.3, -0.25) is 9.59 Å². The zero-order valence-electron chi connectivity index (χ0n) is 11.4. The monoisotopic (exact) mass is 299 g/mol. The SMILES string of the molecule is COC(=O)CCCNC(=O)CCOc1ccccc1Cl. The van der Waals surface area contributed by atoms with E-state index in [1.54, 1.807) is 12.1 Å². The molecule has 0 radical (unpaired) electrons. The van der Waals surface area contributed by atoms with Gasteiger partial charge in [0.2, 0.25) is 5.91 Å². The van der Waals surface area contributed by atoms with E-state index in [1.165, 1.54) is 7.11 Å². The lowest BCUT2D eigenvalue weighted by Gasteiger charge is -2.08. The predicted octanol–water partition coefficient (Wildman–Crippen LogP) is 2.18. The van der Waals surface area contributed by atoms with Crippen molar-refractivity contribution >= 4 is 23.5 Å². The average Bonchev–Trinajstić information content (AvgIpc) is 2.45. The van der Waals surface area contributed by atoms with Crippen molar-refractivity contribution in [2.24, 2.45) is 0 Å². The summed E-state index contributed by atoms with van der Waals surface area (Å²) in [5.41, 5.74) is 0. The molecule has 6 heteroatoms. The summed E-state index contributed by atoms with van der Waals surface area (Å²) < 4.78 is 9.90. The number of amides is 1. The maximum Gasteiger partial charge on any atom is 0.305 e. The second kappa shape index (κ2) is 9.20. The van der Waals surface area contributed by atoms with Crippen LogP contribution in [-0.4, -0.2) is 32.1 Å². The van der Waals surface area contributed by atoms with E-state index < -0.39 is 0 Å². The molecule has 0 unspecified atom stereocenters. The van der Waals surface area contributed by atoms with Crippen LogP contribution in [0.3, 0.4) is 0 Å². The molecule has 110 valence electrons. The van der Waals surface area contributed by atoms with Crippen LogP contribution in [-0.2, 0) is 14.3 Å². The molecule has 0 spiro atoms. The van der Waals surface area contributed by atoms with Gasteiger partial charge in [-0.05, 0) is 18.6 Å². The first-order valence-corrected chi connectivity index (χ1v) is 6.72. The van der Waals surface area contributed by atoms with Gasteiger partial charge in [-0.1, -0.05) is 23.7 Å². The summed E-state index contributed by atoms with van der Waals surface area (Å²) in [4.78, 5) is 22.3. The van der Waals surface area contributed by atoms with Gasteiger partial charge in [0.25, 0.3) is 0 Å². The van der Waals surface area contributed by atoms with E-state index in [0.29, 0.717) is 30.2 Å². The zero-order valence-corrected chi connectivity index (χ0v) is 12.1. The smallest absolute Gasteiger partial charge is 0.305 e. The molecule has 1 rings (SSSR count). The van der Waals surface area contributed by atoms with Gasteiger partial charge in [-0.25, -0.2) is 0 Å². The average molecular weight is 300 g/mol. The highest BCUT2D eigenvalue weighted by molar-refractivity contribution is 6.32. The highest BCUT2D eigenvalue weighted by Gasteiger charge is 2.04. The third kappa shape index (κ3) is 6.43. The Bertz CT molecular complexity index is 451. The van der Waals surface area contributed by atoms with Crippen LogP contribution in [0.15, 0.2) is 24.3 Å². The molecule has 0 saturated heterocycles. The fourth-order valence-electron chi connectivity index (χ4n) is 1.47. The lowest BCUT2D eigenvalue weighted by molar-refractivity contribution is -0.140. The van der Waals surface area contributed by atoms with Gasteiger partial charge in [-0.15, -0.1) is 0 Å². The van der Waals surface area contributed by atoms with Gasteiger partial charge in [0.1, 0.15) is 5.75 Å². The molecule has 0 fully saturated rings. The molecule has 0 aliphatic rings. The number of para-hydroxylation sites is 1. The number of nitrogens with one attached hydrogen (secondary N) is 1. The van der Waals surface area contributed by atoms with Crippen LogP contribution in [0.5, 0.6) is 5.75 Å². The fraction of sp³-hybridized carbons (Fsp3) is 0.429. The zero-order chi connectivity index (χ0) is 14.8. The van der Waals surface area contributed by atoms with Gasteiger partial charge in [0.05, 0.1) is 25.2 Å². The van der Waals surface area contributed by atoms with Crippen molar-refractivity contribution in [3.63, 3.8) is 0 Å². The van der Waals surface area contributed by atoms with Crippen LogP contribution >= 0.6 is 11.6 Å². The van der Waals surface area contributed by atoms with Crippen LogP contribution < -0.4 is 10.1 Å². The summed E-state index contributed by atoms with van der Waals surface area (Å²) in [5, 5.41) is 3.22. The first-order chi connectivity index (χ1) is 9.63. The molecule has 0 aliphatic carbocycles. The number of carbonyl (C=O) groups is 2. The second-order valence-electron chi connectivity index (χ2n) is 4.06. The molecular weight excluding hydrogens is 282 g/mol. The van der Waals surface area contributed by atoms with Gasteiger partial charge < -0.3 is 14.8 Å². The van der Waals surface area contributed by atoms with Crippen LogP contribution in [0.1, 0.15) is 19.3 Å². The Balaban J connectivity index is 2.11. The molecule has 0 heterocycles. The van der Waals surface area contributed by atoms with E-state index in [2.05, 4.69) is 10.1 Å². The minimum Gasteiger partial charge on any atom is -0.491 e. The van der Waals surface area contributed by atoms with Crippen LogP contribution in [0.25, 0.3) is 0 Å². The molecule has 0 saturated carbocycles. The summed E-state index contributed by atoms with van der Waals surface area (Å²) in [5.74, 6) is 0.163. The van der Waals surface area contributed by atoms with E-state index in [9.17, 15) is 9.59 Å². The Kier molecular flexibility index (Phi) is 7.50. The van der Waals surface area contributed by atoms with Crippen molar-refractivity contribution in [2.45, 2.75) is 19.3 Å². The van der Waals surface area contributed by atoms with E-state index in [4.69, 9.17) is 16.3 Å². The second-order valence-corrected chi connectivity index (χ2v) is 4.47. The number of rotatable bonds is 8. The van der Waals surface area contributed by atoms with Gasteiger partial charge in [-0.2, -0.15) is 0 Å². The first-order valence-electron chi connectivity index (χ1n) is 6.34. The molecular formula is C14H18ClNO4. The number of ether oxygens (including phenoxy) is 2. The summed E-state index contributed by atoms with van der Waals surface area (Å²) >= 11 is 5.92. The lowest BCUT2D eigenvalue weighted by atomic mass is 10.3. The Morgan fingerprint density at radius 2 is 2.00 bits per heavy atom. The standard InChI is InChI=1S/C14H18ClNO4/c1-19-14(18)7-4-9-16-13(17)8-10-20-12-6-3-2-5-11(12)15/h2-3,5-6H,4,7-10H2,1H3,(H,16,17). The highest BCUT2D eigenvalue weighted by Crippen LogP contribution is 2.22. The van der Waals surface area contributed by atoms with Crippen LogP contribution in [0, 0.1) is 0 Å². The summed E-state index contributed by atoms with van der Waals surface area (Å²) in [6.45, 7) is 0.701. The third-order valence-electron chi connectivity index (χ3n) is 2.53. The molecule has 1 N–H and O–H groups in total. The van der Waals surface area contributed by atoms with Gasteiger partial charge in [0, 0.05) is 13.0 Å². The van der Waals surface area contributed by atoms with E-state index >= 15 is 0 Å². The predicted molar refractivity (Wildman–Crippen MR) is 75.8 cm³/mol. The molecule has 1 amide bonds. The van der Waals surface area contributed by atoms with Crippen molar-refractivity contribution in [1.29, 1.82) is 0 Å². The lowest BCUT2D eigenvalue weighted by Crippen LogP contribution is -2.26. The topological polar surface area (TPSA) is 64.6 Å². The van der Waals surface area contributed by atoms with E-state index in [-0.39, 0.29) is 24.9 Å². The molecule has 1 aromatic carbocycles. The molecule has 0 atom stereocenters. The Morgan fingerprint density at radius 3 is 2.70 bits per heavy atom. The van der Waals surface area contributed by atoms with Crippen molar-refractivity contribution in [1.82, 2.24) is 5.32 Å². The van der Waals surface area contributed by atoms with E-state index in [0.717, 1.165) is 0 Å². The normalized spacial score (nSPS) is 9.90. The molecule has 20 heavy (non-hydrogen) atoms. The summed E-state index contributed by atoms with van der Waals surface area (Å²) in [6.07, 6.45) is 1.10. The molecule has 5 nitrogen and oxygen atoms in total. The maximum atomic E-state index is 11.5. The Labute approximate surface area is 123 Å². The minimum absolute atomic E-state index is 0.123. The largest absolute Gasteiger partial charge is 0.491 e. The van der Waals surface area contributed by atoms with Crippen molar-refractivity contribution in [2.75, 3.05) is 20.3 Å². The number of methoxy groups -OCH3 is 1. The molecule has 0 aliphatic heterocycles. The number of hydrogen-bond donors (Lipinski definition) is 1. The van der Waals surface area contributed by atoms with Crippen molar-refractivity contribution in [3.8, 4) is 5.75 Å². The number of benzene rings is 1. The Hall–Kier alpha value is -1.75. The number of esters is 1. The molecule has 1 aromatic rings. The summed E-state index contributed by atoms with van der Waals surface area (Å²) in [6, 6.07) is 7.09.